The van der Waals surface area contributed by atoms with Gasteiger partial charge in [-0.1, -0.05) is 0 Å². The van der Waals surface area contributed by atoms with E-state index in [-0.39, 0.29) is 17.9 Å². The maximum atomic E-state index is 11.7. The number of likely N-dealkylation sites (N-methyl/N-ethyl adjacent to an activating group) is 1. The highest BCUT2D eigenvalue weighted by molar-refractivity contribution is 7.89. The molecule has 0 radical (unpaired) electrons. The molecule has 0 aliphatic carbocycles. The molecule has 0 aliphatic heterocycles. The van der Waals surface area contributed by atoms with E-state index in [9.17, 15) is 8.42 Å². The summed E-state index contributed by atoms with van der Waals surface area (Å²) in [5, 5.41) is 0. The van der Waals surface area contributed by atoms with Crippen LogP contribution in [0.1, 0.15) is 13.8 Å². The van der Waals surface area contributed by atoms with Gasteiger partial charge in [-0.2, -0.15) is 0 Å². The van der Waals surface area contributed by atoms with E-state index >= 15 is 0 Å². The largest absolute Gasteiger partial charge is 0.382 e. The minimum Gasteiger partial charge on any atom is -0.382 e. The standard InChI is InChI=1S/C11H26N2O4S/c1-11(2,13(3)4)10-12-18(14,15)9-8-17-7-6-16-5/h12H,6-10H2,1-5H3. The lowest BCUT2D eigenvalue weighted by molar-refractivity contribution is 0.0784. The van der Waals surface area contributed by atoms with Gasteiger partial charge in [0, 0.05) is 19.2 Å². The molecule has 0 rings (SSSR count). The zero-order valence-electron chi connectivity index (χ0n) is 12.0. The number of nitrogens with one attached hydrogen (secondary N) is 1. The Morgan fingerprint density at radius 3 is 2.28 bits per heavy atom. The molecule has 0 unspecified atom stereocenters. The van der Waals surface area contributed by atoms with Gasteiger partial charge in [0.25, 0.3) is 0 Å². The first-order chi connectivity index (χ1) is 8.21. The zero-order valence-corrected chi connectivity index (χ0v) is 12.8. The van der Waals surface area contributed by atoms with Gasteiger partial charge in [-0.15, -0.1) is 0 Å². The van der Waals surface area contributed by atoms with Gasteiger partial charge in [0.05, 0.1) is 25.6 Å². The quantitative estimate of drug-likeness (QED) is 0.567. The summed E-state index contributed by atoms with van der Waals surface area (Å²) in [6, 6.07) is 0. The van der Waals surface area contributed by atoms with E-state index < -0.39 is 10.0 Å². The van der Waals surface area contributed by atoms with Crippen LogP contribution in [0.2, 0.25) is 0 Å². The minimum absolute atomic E-state index is 0.0276. The molecule has 0 spiro atoms. The first kappa shape index (κ1) is 17.8. The number of ether oxygens (including phenoxy) is 2. The Kier molecular flexibility index (Phi) is 7.97. The van der Waals surface area contributed by atoms with E-state index in [1.807, 2.05) is 32.8 Å². The van der Waals surface area contributed by atoms with Crippen molar-refractivity contribution in [2.24, 2.45) is 0 Å². The van der Waals surface area contributed by atoms with Crippen LogP contribution >= 0.6 is 0 Å². The molecule has 0 aromatic rings. The molecule has 0 saturated heterocycles. The molecule has 0 fully saturated rings. The average molecular weight is 282 g/mol. The lowest BCUT2D eigenvalue weighted by atomic mass is 10.1. The van der Waals surface area contributed by atoms with Crippen LogP contribution < -0.4 is 4.72 Å². The summed E-state index contributed by atoms with van der Waals surface area (Å²) in [4.78, 5) is 1.98. The van der Waals surface area contributed by atoms with Crippen LogP contribution in [0.4, 0.5) is 0 Å². The fourth-order valence-corrected chi connectivity index (χ4v) is 1.98. The molecule has 0 bridgehead atoms. The van der Waals surface area contributed by atoms with Crippen LogP contribution in [0.5, 0.6) is 0 Å². The summed E-state index contributed by atoms with van der Waals surface area (Å²) in [7, 11) is 2.13. The molecule has 7 heteroatoms. The Bertz CT molecular complexity index is 315. The molecule has 0 heterocycles. The predicted molar refractivity (Wildman–Crippen MR) is 72.3 cm³/mol. The Balaban J connectivity index is 3.94. The van der Waals surface area contributed by atoms with Crippen LogP contribution in [0.25, 0.3) is 0 Å². The summed E-state index contributed by atoms with van der Waals surface area (Å²) in [5.74, 6) is -0.0276. The number of hydrogen-bond acceptors (Lipinski definition) is 5. The highest BCUT2D eigenvalue weighted by Crippen LogP contribution is 2.08. The third kappa shape index (κ3) is 7.99. The van der Waals surface area contributed by atoms with Crippen LogP contribution in [-0.2, 0) is 19.5 Å². The smallest absolute Gasteiger partial charge is 0.213 e. The van der Waals surface area contributed by atoms with E-state index in [0.717, 1.165) is 0 Å². The molecule has 1 N–H and O–H groups in total. The number of sulfonamides is 1. The molecular formula is C11H26N2O4S. The average Bonchev–Trinajstić information content (AvgIpc) is 2.26. The van der Waals surface area contributed by atoms with Gasteiger partial charge in [0.1, 0.15) is 0 Å². The second kappa shape index (κ2) is 8.06. The molecule has 0 amide bonds. The second-order valence-electron chi connectivity index (χ2n) is 4.95. The highest BCUT2D eigenvalue weighted by Gasteiger charge is 2.22. The Hall–Kier alpha value is -0.210. The Labute approximate surface area is 111 Å². The van der Waals surface area contributed by atoms with Crippen LogP contribution in [-0.4, -0.2) is 72.2 Å². The number of nitrogens with zero attached hydrogens (tertiary/aromatic N) is 1. The minimum atomic E-state index is -3.28. The summed E-state index contributed by atoms with van der Waals surface area (Å²) in [6.45, 7) is 5.40. The summed E-state index contributed by atoms with van der Waals surface area (Å²) < 4.78 is 35.9. The molecule has 0 aromatic heterocycles. The van der Waals surface area contributed by atoms with Crippen LogP contribution in [0, 0.1) is 0 Å². The summed E-state index contributed by atoms with van der Waals surface area (Å²) in [6.07, 6.45) is 0. The van der Waals surface area contributed by atoms with Crippen molar-refractivity contribution in [1.29, 1.82) is 0 Å². The van der Waals surface area contributed by atoms with Crippen LogP contribution in [0.15, 0.2) is 0 Å². The fraction of sp³-hybridized carbons (Fsp3) is 1.00. The maximum absolute atomic E-state index is 11.7. The summed E-state index contributed by atoms with van der Waals surface area (Å²) >= 11 is 0. The van der Waals surface area contributed by atoms with Gasteiger partial charge in [-0.25, -0.2) is 13.1 Å². The lowest BCUT2D eigenvalue weighted by Crippen LogP contribution is -2.48. The van der Waals surface area contributed by atoms with E-state index in [2.05, 4.69) is 4.72 Å². The molecule has 0 aliphatic rings. The van der Waals surface area contributed by atoms with Crippen molar-refractivity contribution >= 4 is 10.0 Å². The monoisotopic (exact) mass is 282 g/mol. The van der Waals surface area contributed by atoms with Gasteiger partial charge in [-0.3, -0.25) is 0 Å². The maximum Gasteiger partial charge on any atom is 0.213 e. The van der Waals surface area contributed by atoms with E-state index in [1.165, 1.54) is 0 Å². The Morgan fingerprint density at radius 2 is 1.78 bits per heavy atom. The SMILES string of the molecule is COCCOCCS(=O)(=O)NCC(C)(C)N(C)C. The van der Waals surface area contributed by atoms with E-state index in [4.69, 9.17) is 9.47 Å². The van der Waals surface area contributed by atoms with Gasteiger partial charge in [0.2, 0.25) is 10.0 Å². The molecule has 0 aromatic carbocycles. The van der Waals surface area contributed by atoms with Gasteiger partial charge < -0.3 is 14.4 Å². The normalized spacial score (nSPS) is 13.2. The topological polar surface area (TPSA) is 67.9 Å². The molecule has 18 heavy (non-hydrogen) atoms. The number of hydrogen-bond donors (Lipinski definition) is 1. The van der Waals surface area contributed by atoms with Crippen molar-refractivity contribution in [1.82, 2.24) is 9.62 Å². The van der Waals surface area contributed by atoms with Gasteiger partial charge in [-0.05, 0) is 27.9 Å². The molecule has 110 valence electrons. The fourth-order valence-electron chi connectivity index (χ4n) is 0.930. The second-order valence-corrected chi connectivity index (χ2v) is 6.88. The van der Waals surface area contributed by atoms with E-state index in [1.54, 1.807) is 7.11 Å². The molecular weight excluding hydrogens is 256 g/mol. The van der Waals surface area contributed by atoms with Crippen molar-refractivity contribution in [3.8, 4) is 0 Å². The first-order valence-corrected chi connectivity index (χ1v) is 7.58. The number of rotatable bonds is 10. The van der Waals surface area contributed by atoms with Gasteiger partial charge >= 0.3 is 0 Å². The Morgan fingerprint density at radius 1 is 1.17 bits per heavy atom. The molecule has 0 saturated carbocycles. The number of methoxy groups -OCH3 is 1. The van der Waals surface area contributed by atoms with Crippen LogP contribution in [0.3, 0.4) is 0 Å². The van der Waals surface area contributed by atoms with Crippen molar-refractivity contribution in [2.45, 2.75) is 19.4 Å². The first-order valence-electron chi connectivity index (χ1n) is 5.93. The van der Waals surface area contributed by atoms with Crippen molar-refractivity contribution in [3.63, 3.8) is 0 Å². The zero-order chi connectivity index (χ0) is 14.2. The van der Waals surface area contributed by atoms with Gasteiger partial charge in [0.15, 0.2) is 0 Å². The van der Waals surface area contributed by atoms with Crippen molar-refractivity contribution in [3.05, 3.63) is 0 Å². The van der Waals surface area contributed by atoms with E-state index in [0.29, 0.717) is 19.8 Å². The van der Waals surface area contributed by atoms with Crippen molar-refractivity contribution < 1.29 is 17.9 Å². The van der Waals surface area contributed by atoms with Crippen molar-refractivity contribution in [2.75, 3.05) is 53.3 Å². The highest BCUT2D eigenvalue weighted by atomic mass is 32.2. The third-order valence-corrected chi connectivity index (χ3v) is 4.15. The molecule has 0 atom stereocenters. The summed E-state index contributed by atoms with van der Waals surface area (Å²) in [5.41, 5.74) is -0.218. The molecule has 6 nitrogen and oxygen atoms in total. The third-order valence-electron chi connectivity index (χ3n) is 2.86. The predicted octanol–water partition coefficient (Wildman–Crippen LogP) is -0.0910. The lowest BCUT2D eigenvalue weighted by Gasteiger charge is -2.32.